The van der Waals surface area contributed by atoms with Crippen molar-refractivity contribution in [2.24, 2.45) is 0 Å². The van der Waals surface area contributed by atoms with Crippen molar-refractivity contribution in [2.75, 3.05) is 11.9 Å². The van der Waals surface area contributed by atoms with Crippen LogP contribution >= 0.6 is 0 Å². The first-order valence-corrected chi connectivity index (χ1v) is 8.57. The lowest BCUT2D eigenvalue weighted by molar-refractivity contribution is 0.623. The molecule has 1 aliphatic rings. The maximum atomic E-state index is 3.74. The zero-order valence-corrected chi connectivity index (χ0v) is 13.7. The van der Waals surface area contributed by atoms with E-state index in [4.69, 9.17) is 0 Å². The number of rotatable bonds is 4. The highest BCUT2D eigenvalue weighted by atomic mass is 15.0. The molecule has 1 atom stereocenters. The molecule has 0 fully saturated rings. The summed E-state index contributed by atoms with van der Waals surface area (Å²) in [6.45, 7) is 1.79. The minimum atomic E-state index is 0.286. The molecule has 0 bridgehead atoms. The molecule has 0 aliphatic carbocycles. The predicted molar refractivity (Wildman–Crippen MR) is 100 cm³/mol. The summed E-state index contributed by atoms with van der Waals surface area (Å²) in [5.74, 6) is 0. The molecule has 0 saturated heterocycles. The molecule has 2 N–H and O–H groups in total. The fourth-order valence-electron chi connectivity index (χ4n) is 3.44. The van der Waals surface area contributed by atoms with Gasteiger partial charge in [-0.2, -0.15) is 0 Å². The second-order valence-corrected chi connectivity index (χ2v) is 6.35. The third-order valence-electron chi connectivity index (χ3n) is 4.68. The van der Waals surface area contributed by atoms with E-state index < -0.39 is 0 Å². The molecular formula is C22H22N2. The zero-order chi connectivity index (χ0) is 16.2. The minimum absolute atomic E-state index is 0.286. The Bertz CT molecular complexity index is 811. The fourth-order valence-corrected chi connectivity index (χ4v) is 3.44. The highest BCUT2D eigenvalue weighted by Crippen LogP contribution is 2.31. The Labute approximate surface area is 143 Å². The van der Waals surface area contributed by atoms with Gasteiger partial charge in [-0.1, -0.05) is 72.8 Å². The number of anilines is 1. The third-order valence-corrected chi connectivity index (χ3v) is 4.68. The van der Waals surface area contributed by atoms with Gasteiger partial charge in [0.1, 0.15) is 0 Å². The second-order valence-electron chi connectivity index (χ2n) is 6.35. The molecule has 3 aromatic carbocycles. The van der Waals surface area contributed by atoms with Crippen LogP contribution in [0.15, 0.2) is 78.9 Å². The van der Waals surface area contributed by atoms with Gasteiger partial charge in [0.05, 0.1) is 6.04 Å². The second kappa shape index (κ2) is 6.90. The summed E-state index contributed by atoms with van der Waals surface area (Å²) in [6.07, 6.45) is 0.995. The highest BCUT2D eigenvalue weighted by molar-refractivity contribution is 5.57. The molecule has 1 aliphatic heterocycles. The zero-order valence-electron chi connectivity index (χ0n) is 13.7. The molecule has 1 heterocycles. The number of fused-ring (bicyclic) bond motifs is 2. The van der Waals surface area contributed by atoms with Gasteiger partial charge >= 0.3 is 0 Å². The number of nitrogens with one attached hydrogen (secondary N) is 2. The van der Waals surface area contributed by atoms with Crippen molar-refractivity contribution >= 4 is 5.69 Å². The lowest BCUT2D eigenvalue weighted by Gasteiger charge is -2.21. The quantitative estimate of drug-likeness (QED) is 0.739. The van der Waals surface area contributed by atoms with Crippen LogP contribution in [0.5, 0.6) is 0 Å². The number of benzene rings is 3. The summed E-state index contributed by atoms with van der Waals surface area (Å²) in [5.41, 5.74) is 6.76. The standard InChI is InChI=1S/C22H22N2/c1-2-8-17(9-3-1)15-23-16-22-20-12-6-4-10-18(20)14-19-11-5-7-13-21(19)24-22/h1-13,22-24H,14-16H2. The van der Waals surface area contributed by atoms with Crippen molar-refractivity contribution in [3.05, 3.63) is 101 Å². The molecule has 0 amide bonds. The van der Waals surface area contributed by atoms with Crippen LogP contribution in [0, 0.1) is 0 Å². The fraction of sp³-hybridized carbons (Fsp3) is 0.182. The van der Waals surface area contributed by atoms with Crippen molar-refractivity contribution in [3.8, 4) is 0 Å². The van der Waals surface area contributed by atoms with Crippen LogP contribution < -0.4 is 10.6 Å². The lowest BCUT2D eigenvalue weighted by Crippen LogP contribution is -2.26. The molecule has 0 spiro atoms. The van der Waals surface area contributed by atoms with E-state index in [1.807, 2.05) is 0 Å². The highest BCUT2D eigenvalue weighted by Gasteiger charge is 2.20. The van der Waals surface area contributed by atoms with Crippen LogP contribution in [-0.4, -0.2) is 6.54 Å². The van der Waals surface area contributed by atoms with Gasteiger partial charge in [0, 0.05) is 18.8 Å². The Morgan fingerprint density at radius 1 is 0.792 bits per heavy atom. The van der Waals surface area contributed by atoms with Gasteiger partial charge in [0.2, 0.25) is 0 Å². The summed E-state index contributed by atoms with van der Waals surface area (Å²) >= 11 is 0. The summed E-state index contributed by atoms with van der Waals surface area (Å²) in [5, 5.41) is 7.35. The normalized spacial score (nSPS) is 15.8. The first kappa shape index (κ1) is 15.0. The van der Waals surface area contributed by atoms with Crippen molar-refractivity contribution in [3.63, 3.8) is 0 Å². The van der Waals surface area contributed by atoms with Crippen molar-refractivity contribution < 1.29 is 0 Å². The van der Waals surface area contributed by atoms with Crippen molar-refractivity contribution in [2.45, 2.75) is 19.0 Å². The van der Waals surface area contributed by atoms with Gasteiger partial charge in [-0.3, -0.25) is 0 Å². The van der Waals surface area contributed by atoms with Gasteiger partial charge in [-0.05, 0) is 34.7 Å². The molecule has 2 nitrogen and oxygen atoms in total. The van der Waals surface area contributed by atoms with Gasteiger partial charge in [-0.15, -0.1) is 0 Å². The summed E-state index contributed by atoms with van der Waals surface area (Å²) in [6, 6.07) is 28.3. The van der Waals surface area contributed by atoms with Crippen molar-refractivity contribution in [1.82, 2.24) is 5.32 Å². The molecular weight excluding hydrogens is 292 g/mol. The average Bonchev–Trinajstić information content (AvgIpc) is 2.79. The molecule has 0 radical (unpaired) electrons. The first-order valence-electron chi connectivity index (χ1n) is 8.57. The number of para-hydroxylation sites is 1. The molecule has 4 rings (SSSR count). The van der Waals surface area contributed by atoms with Gasteiger partial charge < -0.3 is 10.6 Å². The van der Waals surface area contributed by atoms with E-state index in [-0.39, 0.29) is 6.04 Å². The molecule has 3 aromatic rings. The predicted octanol–water partition coefficient (Wildman–Crippen LogP) is 4.53. The molecule has 0 saturated carbocycles. The number of hydrogen-bond donors (Lipinski definition) is 2. The van der Waals surface area contributed by atoms with Crippen LogP contribution in [0.4, 0.5) is 5.69 Å². The smallest absolute Gasteiger partial charge is 0.0641 e. The van der Waals surface area contributed by atoms with Gasteiger partial charge in [0.15, 0.2) is 0 Å². The molecule has 120 valence electrons. The Kier molecular flexibility index (Phi) is 4.30. The van der Waals surface area contributed by atoms with E-state index in [9.17, 15) is 0 Å². The average molecular weight is 314 g/mol. The monoisotopic (exact) mass is 314 g/mol. The molecule has 24 heavy (non-hydrogen) atoms. The summed E-state index contributed by atoms with van der Waals surface area (Å²) < 4.78 is 0. The minimum Gasteiger partial charge on any atom is -0.377 e. The SMILES string of the molecule is c1ccc(CNCC2Nc3ccccc3Cc3ccccc32)cc1. The lowest BCUT2D eigenvalue weighted by atomic mass is 9.97. The van der Waals surface area contributed by atoms with E-state index in [0.29, 0.717) is 0 Å². The van der Waals surface area contributed by atoms with Gasteiger partial charge in [0.25, 0.3) is 0 Å². The number of hydrogen-bond acceptors (Lipinski definition) is 2. The van der Waals surface area contributed by atoms with Crippen LogP contribution in [0.1, 0.15) is 28.3 Å². The van der Waals surface area contributed by atoms with E-state index in [0.717, 1.165) is 19.5 Å². The Morgan fingerprint density at radius 2 is 1.50 bits per heavy atom. The van der Waals surface area contributed by atoms with Gasteiger partial charge in [-0.25, -0.2) is 0 Å². The Hall–Kier alpha value is -2.58. The molecule has 2 heteroatoms. The largest absolute Gasteiger partial charge is 0.377 e. The maximum Gasteiger partial charge on any atom is 0.0641 e. The summed E-state index contributed by atoms with van der Waals surface area (Å²) in [7, 11) is 0. The maximum absolute atomic E-state index is 3.74. The van der Waals surface area contributed by atoms with Crippen LogP contribution in [-0.2, 0) is 13.0 Å². The Balaban J connectivity index is 1.55. The van der Waals surface area contributed by atoms with E-state index in [2.05, 4.69) is 89.5 Å². The van der Waals surface area contributed by atoms with E-state index in [1.165, 1.54) is 27.9 Å². The topological polar surface area (TPSA) is 24.1 Å². The Morgan fingerprint density at radius 3 is 2.38 bits per heavy atom. The van der Waals surface area contributed by atoms with E-state index >= 15 is 0 Å². The molecule has 0 aromatic heterocycles. The first-order chi connectivity index (χ1) is 11.9. The van der Waals surface area contributed by atoms with Crippen LogP contribution in [0.25, 0.3) is 0 Å². The third kappa shape index (κ3) is 3.19. The van der Waals surface area contributed by atoms with E-state index in [1.54, 1.807) is 0 Å². The van der Waals surface area contributed by atoms with Crippen molar-refractivity contribution in [1.29, 1.82) is 0 Å². The molecule has 1 unspecified atom stereocenters. The van der Waals surface area contributed by atoms with Crippen LogP contribution in [0.2, 0.25) is 0 Å². The summed E-state index contributed by atoms with van der Waals surface area (Å²) in [4.78, 5) is 0. The van der Waals surface area contributed by atoms with Crippen LogP contribution in [0.3, 0.4) is 0 Å².